The number of nitrogen functional groups attached to an aromatic ring is 1. The van der Waals surface area contributed by atoms with Crippen LogP contribution in [0.1, 0.15) is 24.8 Å². The molecule has 3 N–H and O–H groups in total. The van der Waals surface area contributed by atoms with Crippen molar-refractivity contribution in [2.24, 2.45) is 0 Å². The van der Waals surface area contributed by atoms with Gasteiger partial charge in [-0.3, -0.25) is 9.52 Å². The summed E-state index contributed by atoms with van der Waals surface area (Å²) < 4.78 is 27.0. The van der Waals surface area contributed by atoms with E-state index >= 15 is 0 Å². The number of pyridine rings is 2. The van der Waals surface area contributed by atoms with Gasteiger partial charge in [0.25, 0.3) is 0 Å². The van der Waals surface area contributed by atoms with Gasteiger partial charge in [-0.15, -0.1) is 0 Å². The zero-order valence-corrected chi connectivity index (χ0v) is 22.3. The van der Waals surface area contributed by atoms with Gasteiger partial charge in [0.1, 0.15) is 5.82 Å². The molecule has 3 aromatic rings. The molecule has 194 valence electrons. The molecular weight excluding hydrogens is 490 g/mol. The Morgan fingerprint density at radius 1 is 1.16 bits per heavy atom. The van der Waals surface area contributed by atoms with E-state index in [4.69, 9.17) is 5.73 Å². The van der Waals surface area contributed by atoms with Crippen molar-refractivity contribution in [1.29, 1.82) is 0 Å². The van der Waals surface area contributed by atoms with Crippen molar-refractivity contribution in [3.8, 4) is 11.1 Å². The van der Waals surface area contributed by atoms with E-state index in [1.807, 2.05) is 38.4 Å². The number of rotatable bonds is 5. The van der Waals surface area contributed by atoms with Gasteiger partial charge in [-0.05, 0) is 50.7 Å². The summed E-state index contributed by atoms with van der Waals surface area (Å²) in [6.45, 7) is 1.55. The van der Waals surface area contributed by atoms with Crippen LogP contribution in [0.15, 0.2) is 30.5 Å². The van der Waals surface area contributed by atoms with Crippen LogP contribution in [0.4, 0.5) is 23.0 Å². The van der Waals surface area contributed by atoms with Crippen molar-refractivity contribution >= 4 is 49.8 Å². The van der Waals surface area contributed by atoms with Gasteiger partial charge in [-0.2, -0.15) is 0 Å². The van der Waals surface area contributed by atoms with E-state index < -0.39 is 15.4 Å². The molecule has 1 aliphatic carbocycles. The summed E-state index contributed by atoms with van der Waals surface area (Å²) in [7, 11) is 2.33. The second-order valence-electron chi connectivity index (χ2n) is 10.7. The molecule has 1 spiro atoms. The number of fused-ring (bicyclic) bond motifs is 4. The molecule has 2 aliphatic heterocycles. The smallest absolute Gasteiger partial charge is 0.237 e. The summed E-state index contributed by atoms with van der Waals surface area (Å²) >= 11 is 0. The molecule has 1 aromatic carbocycles. The first-order valence-corrected chi connectivity index (χ1v) is 14.3. The fourth-order valence-corrected chi connectivity index (χ4v) is 6.45. The predicted molar refractivity (Wildman–Crippen MR) is 146 cm³/mol. The van der Waals surface area contributed by atoms with Crippen LogP contribution in [0.25, 0.3) is 22.0 Å². The quantitative estimate of drug-likeness (QED) is 0.525. The number of nitrogens with one attached hydrogen (secondary N) is 1. The van der Waals surface area contributed by atoms with Crippen molar-refractivity contribution in [2.75, 3.05) is 60.7 Å². The number of nitrogens with two attached hydrogens (primary N) is 1. The number of likely N-dealkylation sites (N-methyl/N-ethyl adjacent to an activating group) is 2. The van der Waals surface area contributed by atoms with Crippen molar-refractivity contribution in [2.45, 2.75) is 30.7 Å². The molecule has 37 heavy (non-hydrogen) atoms. The Balaban J connectivity index is 1.46. The van der Waals surface area contributed by atoms with E-state index in [1.165, 1.54) is 0 Å². The number of carbonyl (C=O) groups is 1. The lowest BCUT2D eigenvalue weighted by Gasteiger charge is -2.44. The third-order valence-corrected chi connectivity index (χ3v) is 8.70. The number of carbonyl (C=O) groups excluding carboxylic acids is 1. The van der Waals surface area contributed by atoms with Crippen molar-refractivity contribution in [3.63, 3.8) is 0 Å². The highest BCUT2D eigenvalue weighted by Crippen LogP contribution is 2.56. The van der Waals surface area contributed by atoms with E-state index in [0.29, 0.717) is 29.1 Å². The largest absolute Gasteiger partial charge is 0.382 e. The monoisotopic (exact) mass is 521 g/mol. The molecular formula is C26H31N7O3S. The van der Waals surface area contributed by atoms with E-state index in [0.717, 1.165) is 66.2 Å². The zero-order chi connectivity index (χ0) is 26.3. The summed E-state index contributed by atoms with van der Waals surface area (Å²) in [5.41, 5.74) is 10.3. The van der Waals surface area contributed by atoms with Gasteiger partial charge in [0.05, 0.1) is 28.6 Å². The third kappa shape index (κ3) is 3.63. The van der Waals surface area contributed by atoms with E-state index in [2.05, 4.69) is 24.5 Å². The number of hydrogen-bond donors (Lipinski definition) is 2. The number of amides is 1. The highest BCUT2D eigenvalue weighted by molar-refractivity contribution is 7.92. The van der Waals surface area contributed by atoms with Gasteiger partial charge < -0.3 is 20.4 Å². The highest BCUT2D eigenvalue weighted by Gasteiger charge is 2.55. The first-order chi connectivity index (χ1) is 17.5. The van der Waals surface area contributed by atoms with Crippen LogP contribution in [0.5, 0.6) is 0 Å². The maximum absolute atomic E-state index is 13.3. The van der Waals surface area contributed by atoms with Gasteiger partial charge in [-0.25, -0.2) is 18.4 Å². The van der Waals surface area contributed by atoms with Gasteiger partial charge in [0.2, 0.25) is 15.9 Å². The van der Waals surface area contributed by atoms with E-state index in [-0.39, 0.29) is 5.91 Å². The minimum Gasteiger partial charge on any atom is -0.382 e. The fourth-order valence-electron chi connectivity index (χ4n) is 5.90. The summed E-state index contributed by atoms with van der Waals surface area (Å²) in [6.07, 6.45) is 5.51. The number of anilines is 4. The van der Waals surface area contributed by atoms with Gasteiger partial charge in [-0.1, -0.05) is 12.5 Å². The van der Waals surface area contributed by atoms with Crippen molar-refractivity contribution in [3.05, 3.63) is 36.0 Å². The van der Waals surface area contributed by atoms with Gasteiger partial charge in [0, 0.05) is 48.9 Å². The lowest BCUT2D eigenvalue weighted by Crippen LogP contribution is -2.57. The van der Waals surface area contributed by atoms with Crippen LogP contribution in [0, 0.1) is 0 Å². The molecule has 0 atom stereocenters. The molecule has 1 amide bonds. The van der Waals surface area contributed by atoms with Gasteiger partial charge in [0.15, 0.2) is 5.82 Å². The fraction of sp³-hybridized carbons (Fsp3) is 0.423. The maximum Gasteiger partial charge on any atom is 0.237 e. The van der Waals surface area contributed by atoms with Crippen LogP contribution in [0.2, 0.25) is 0 Å². The summed E-state index contributed by atoms with van der Waals surface area (Å²) in [5, 5.41) is 0.900. The number of aromatic nitrogens is 2. The van der Waals surface area contributed by atoms with E-state index in [9.17, 15) is 13.2 Å². The number of nitrogens with zero attached hydrogens (tertiary/aromatic N) is 5. The standard InChI is InChI=1S/C26H31N7O3S/c1-31(2)17-13-33(14-17)24-20(30-37(4,35)36)11-16(12-28-24)15-6-7-19-18(10-15)21-22(23(27)29-19)32(3)25(34)26(21)8-5-9-26/h6-7,10-12,17,30H,5,8-9,13-14H2,1-4H3,(H2,27,29). The molecule has 2 aromatic heterocycles. The molecule has 2 fully saturated rings. The second kappa shape index (κ2) is 8.03. The summed E-state index contributed by atoms with van der Waals surface area (Å²) in [4.78, 5) is 28.4. The maximum atomic E-state index is 13.3. The Labute approximate surface area is 216 Å². The Bertz CT molecular complexity index is 1560. The molecule has 1 saturated carbocycles. The number of sulfonamides is 1. The van der Waals surface area contributed by atoms with E-state index in [1.54, 1.807) is 18.1 Å². The van der Waals surface area contributed by atoms with Crippen molar-refractivity contribution in [1.82, 2.24) is 14.9 Å². The van der Waals surface area contributed by atoms with Crippen molar-refractivity contribution < 1.29 is 13.2 Å². The summed E-state index contributed by atoms with van der Waals surface area (Å²) in [6, 6.07) is 8.09. The molecule has 0 radical (unpaired) electrons. The van der Waals surface area contributed by atoms with Crippen LogP contribution in [0.3, 0.4) is 0 Å². The average Bonchev–Trinajstić information content (AvgIpc) is 3.00. The SMILES string of the molecule is CN1C(=O)C2(CCC2)c2c1c(N)nc1ccc(-c3cnc(N4CC(N(C)C)C4)c(NS(C)(=O)=O)c3)cc21. The Morgan fingerprint density at radius 3 is 2.51 bits per heavy atom. The normalized spacial score (nSPS) is 18.9. The minimum atomic E-state index is -3.51. The molecule has 0 unspecified atom stereocenters. The lowest BCUT2D eigenvalue weighted by atomic mass is 9.64. The van der Waals surface area contributed by atoms with Crippen LogP contribution in [-0.4, -0.2) is 75.7 Å². The van der Waals surface area contributed by atoms with Gasteiger partial charge >= 0.3 is 0 Å². The minimum absolute atomic E-state index is 0.0800. The highest BCUT2D eigenvalue weighted by atomic mass is 32.2. The van der Waals surface area contributed by atoms with Crippen LogP contribution in [-0.2, 0) is 20.2 Å². The Kier molecular flexibility index (Phi) is 5.19. The Hall–Kier alpha value is -3.44. The zero-order valence-electron chi connectivity index (χ0n) is 21.4. The first kappa shape index (κ1) is 23.9. The molecule has 0 bridgehead atoms. The topological polar surface area (TPSA) is 125 Å². The molecule has 1 saturated heterocycles. The number of benzene rings is 1. The third-order valence-electron chi connectivity index (χ3n) is 8.11. The lowest BCUT2D eigenvalue weighted by molar-refractivity contribution is -0.125. The van der Waals surface area contributed by atoms with Crippen LogP contribution < -0.4 is 20.3 Å². The Morgan fingerprint density at radius 2 is 1.89 bits per heavy atom. The molecule has 3 aliphatic rings. The molecule has 11 heteroatoms. The molecule has 4 heterocycles. The molecule has 6 rings (SSSR count). The predicted octanol–water partition coefficient (Wildman–Crippen LogP) is 2.40. The first-order valence-electron chi connectivity index (χ1n) is 12.4. The van der Waals surface area contributed by atoms with Crippen LogP contribution >= 0.6 is 0 Å². The summed E-state index contributed by atoms with van der Waals surface area (Å²) in [5.74, 6) is 1.06. The average molecular weight is 522 g/mol. The molecule has 10 nitrogen and oxygen atoms in total. The second-order valence-corrected chi connectivity index (χ2v) is 12.5. The number of hydrogen-bond acceptors (Lipinski definition) is 8.